The molecule has 1 unspecified atom stereocenters. The van der Waals surface area contributed by atoms with Gasteiger partial charge in [0.1, 0.15) is 0 Å². The van der Waals surface area contributed by atoms with Gasteiger partial charge in [-0.3, -0.25) is 0 Å². The van der Waals surface area contributed by atoms with Gasteiger partial charge in [-0.1, -0.05) is 62.6 Å². The Morgan fingerprint density at radius 2 is 1.86 bits per heavy atom. The first-order chi connectivity index (χ1) is 10.4. The molecule has 0 spiro atoms. The minimum absolute atomic E-state index is 0.739. The van der Waals surface area contributed by atoms with Crippen LogP contribution in [0.25, 0.3) is 10.8 Å². The third-order valence-electron chi connectivity index (χ3n) is 4.55. The number of aryl methyl sites for hydroxylation is 1. The highest BCUT2D eigenvalue weighted by Gasteiger charge is 2.17. The molecule has 0 nitrogen and oxygen atoms in total. The number of rotatable bonds is 6. The molecule has 0 aromatic heterocycles. The summed E-state index contributed by atoms with van der Waals surface area (Å²) in [5.74, 6) is 1.33. The third-order valence-corrected chi connectivity index (χ3v) is 5.98. The van der Waals surface area contributed by atoms with E-state index in [1.54, 1.807) is 0 Å². The zero-order chi connectivity index (χ0) is 14.5. The summed E-state index contributed by atoms with van der Waals surface area (Å²) in [4.78, 5) is 0. The summed E-state index contributed by atoms with van der Waals surface area (Å²) in [6.45, 7) is 2.27. The van der Waals surface area contributed by atoms with Crippen LogP contribution >= 0.6 is 11.8 Å². The predicted octanol–water partition coefficient (Wildman–Crippen LogP) is 6.53. The van der Waals surface area contributed by atoms with Crippen molar-refractivity contribution in [3.05, 3.63) is 47.5 Å². The number of unbranched alkanes of at least 4 members (excludes halogenated alkanes) is 3. The largest absolute Gasteiger partial charge is 0.154 e. The number of fused-ring (bicyclic) bond motifs is 1. The van der Waals surface area contributed by atoms with E-state index < -0.39 is 0 Å². The van der Waals surface area contributed by atoms with Gasteiger partial charge in [0, 0.05) is 5.25 Å². The van der Waals surface area contributed by atoms with Gasteiger partial charge in [0.25, 0.3) is 0 Å². The summed E-state index contributed by atoms with van der Waals surface area (Å²) in [6, 6.07) is 14.2. The Morgan fingerprint density at radius 1 is 1.00 bits per heavy atom. The lowest BCUT2D eigenvalue weighted by molar-refractivity contribution is 0.667. The van der Waals surface area contributed by atoms with Crippen molar-refractivity contribution >= 4 is 22.5 Å². The molecular formula is C20H26S. The van der Waals surface area contributed by atoms with Gasteiger partial charge in [0.2, 0.25) is 0 Å². The lowest BCUT2D eigenvalue weighted by Crippen LogP contribution is -1.90. The predicted molar refractivity (Wildman–Crippen MR) is 96.2 cm³/mol. The highest BCUT2D eigenvalue weighted by molar-refractivity contribution is 7.99. The number of benzene rings is 2. The van der Waals surface area contributed by atoms with Crippen LogP contribution in [0.2, 0.25) is 0 Å². The van der Waals surface area contributed by atoms with E-state index in [1.165, 1.54) is 72.6 Å². The van der Waals surface area contributed by atoms with E-state index in [9.17, 15) is 0 Å². The quantitative estimate of drug-likeness (QED) is 0.546. The normalized spacial score (nSPS) is 18.4. The first-order valence-corrected chi connectivity index (χ1v) is 9.56. The standard InChI is InChI=1S/C20H26S/c1-2-3-4-5-7-16-9-10-18-15-19(12-11-17(18)14-16)20-8-6-13-21-20/h9-12,14-15,20H,2-8,13H2,1H3. The number of thioether (sulfide) groups is 1. The van der Waals surface area contributed by atoms with E-state index in [1.807, 2.05) is 0 Å². The van der Waals surface area contributed by atoms with Crippen LogP contribution in [0.3, 0.4) is 0 Å². The van der Waals surface area contributed by atoms with E-state index in [2.05, 4.69) is 55.1 Å². The second-order valence-corrected chi connectivity index (χ2v) is 7.56. The van der Waals surface area contributed by atoms with Crippen molar-refractivity contribution in [3.63, 3.8) is 0 Å². The van der Waals surface area contributed by atoms with Gasteiger partial charge in [-0.25, -0.2) is 0 Å². The first-order valence-electron chi connectivity index (χ1n) is 8.51. The maximum absolute atomic E-state index is 2.42. The highest BCUT2D eigenvalue weighted by atomic mass is 32.2. The van der Waals surface area contributed by atoms with Crippen molar-refractivity contribution in [1.82, 2.24) is 0 Å². The molecule has 0 aliphatic carbocycles. The average Bonchev–Trinajstić information content (AvgIpc) is 3.05. The zero-order valence-electron chi connectivity index (χ0n) is 13.1. The Hall–Kier alpha value is -0.950. The minimum Gasteiger partial charge on any atom is -0.154 e. The minimum atomic E-state index is 0.739. The Kier molecular flexibility index (Phi) is 5.24. The monoisotopic (exact) mass is 298 g/mol. The van der Waals surface area contributed by atoms with Gasteiger partial charge < -0.3 is 0 Å². The summed E-state index contributed by atoms with van der Waals surface area (Å²) >= 11 is 2.12. The summed E-state index contributed by atoms with van der Waals surface area (Å²) in [5.41, 5.74) is 3.03. The van der Waals surface area contributed by atoms with Crippen molar-refractivity contribution in [1.29, 1.82) is 0 Å². The van der Waals surface area contributed by atoms with Crippen LogP contribution in [0.4, 0.5) is 0 Å². The molecule has 1 heterocycles. The van der Waals surface area contributed by atoms with Crippen molar-refractivity contribution in [2.24, 2.45) is 0 Å². The topological polar surface area (TPSA) is 0 Å². The highest BCUT2D eigenvalue weighted by Crippen LogP contribution is 2.40. The molecule has 1 atom stereocenters. The van der Waals surface area contributed by atoms with Crippen molar-refractivity contribution in [2.75, 3.05) is 5.75 Å². The molecule has 0 radical (unpaired) electrons. The van der Waals surface area contributed by atoms with Gasteiger partial charge in [0.05, 0.1) is 0 Å². The summed E-state index contributed by atoms with van der Waals surface area (Å²) < 4.78 is 0. The van der Waals surface area contributed by atoms with Crippen LogP contribution in [-0.4, -0.2) is 5.75 Å². The molecule has 2 aromatic carbocycles. The van der Waals surface area contributed by atoms with Gasteiger partial charge in [-0.2, -0.15) is 11.8 Å². The molecule has 0 bridgehead atoms. The second kappa shape index (κ2) is 7.35. The third kappa shape index (κ3) is 3.83. The fourth-order valence-corrected chi connectivity index (χ4v) is 4.56. The molecular weight excluding hydrogens is 272 g/mol. The zero-order valence-corrected chi connectivity index (χ0v) is 13.9. The fraction of sp³-hybridized carbons (Fsp3) is 0.500. The van der Waals surface area contributed by atoms with E-state index in [-0.39, 0.29) is 0 Å². The van der Waals surface area contributed by atoms with E-state index >= 15 is 0 Å². The summed E-state index contributed by atoms with van der Waals surface area (Å²) in [7, 11) is 0. The lowest BCUT2D eigenvalue weighted by atomic mass is 9.99. The van der Waals surface area contributed by atoms with Crippen LogP contribution in [-0.2, 0) is 6.42 Å². The molecule has 3 rings (SSSR count). The van der Waals surface area contributed by atoms with Gasteiger partial charge in [-0.15, -0.1) is 0 Å². The van der Waals surface area contributed by atoms with Crippen molar-refractivity contribution in [3.8, 4) is 0 Å². The molecule has 1 saturated heterocycles. The van der Waals surface area contributed by atoms with Crippen molar-refractivity contribution in [2.45, 2.75) is 57.1 Å². The SMILES string of the molecule is CCCCCCc1ccc2cc(C3CCCS3)ccc2c1. The fourth-order valence-electron chi connectivity index (χ4n) is 3.27. The molecule has 21 heavy (non-hydrogen) atoms. The van der Waals surface area contributed by atoms with E-state index in [4.69, 9.17) is 0 Å². The molecule has 112 valence electrons. The Bertz CT molecular complexity index is 581. The average molecular weight is 298 g/mol. The molecule has 1 fully saturated rings. The molecule has 0 amide bonds. The number of hydrogen-bond acceptors (Lipinski definition) is 1. The lowest BCUT2D eigenvalue weighted by Gasteiger charge is -2.11. The maximum atomic E-state index is 2.42. The van der Waals surface area contributed by atoms with Gasteiger partial charge in [0.15, 0.2) is 0 Å². The van der Waals surface area contributed by atoms with Crippen LogP contribution in [0.5, 0.6) is 0 Å². The molecule has 1 heteroatoms. The first kappa shape index (κ1) is 15.0. The molecule has 0 N–H and O–H groups in total. The number of hydrogen-bond donors (Lipinski definition) is 0. The Balaban J connectivity index is 1.71. The molecule has 1 aliphatic heterocycles. The summed E-state index contributed by atoms with van der Waals surface area (Å²) in [6.07, 6.45) is 9.35. The Labute approximate surface area is 133 Å². The maximum Gasteiger partial charge on any atom is 0.0297 e. The second-order valence-electron chi connectivity index (χ2n) is 6.25. The van der Waals surface area contributed by atoms with Crippen LogP contribution in [0, 0.1) is 0 Å². The summed E-state index contributed by atoms with van der Waals surface area (Å²) in [5, 5.41) is 3.56. The van der Waals surface area contributed by atoms with Crippen molar-refractivity contribution < 1.29 is 0 Å². The van der Waals surface area contributed by atoms with Gasteiger partial charge in [-0.05, 0) is 53.3 Å². The smallest absolute Gasteiger partial charge is 0.0297 e. The van der Waals surface area contributed by atoms with Gasteiger partial charge >= 0.3 is 0 Å². The van der Waals surface area contributed by atoms with Crippen LogP contribution in [0.15, 0.2) is 36.4 Å². The van der Waals surface area contributed by atoms with E-state index in [0.29, 0.717) is 0 Å². The van der Waals surface area contributed by atoms with Crippen LogP contribution < -0.4 is 0 Å². The molecule has 2 aromatic rings. The Morgan fingerprint density at radius 3 is 2.67 bits per heavy atom. The molecule has 0 saturated carbocycles. The molecule has 1 aliphatic rings. The van der Waals surface area contributed by atoms with E-state index in [0.717, 1.165) is 5.25 Å². The van der Waals surface area contributed by atoms with Crippen LogP contribution in [0.1, 0.15) is 61.8 Å².